The first kappa shape index (κ1) is 22.3. The van der Waals surface area contributed by atoms with Crippen molar-refractivity contribution in [1.29, 1.82) is 0 Å². The first-order valence-electron chi connectivity index (χ1n) is 11.1. The van der Waals surface area contributed by atoms with E-state index in [2.05, 4.69) is 10.3 Å². The summed E-state index contributed by atoms with van der Waals surface area (Å²) in [5.74, 6) is 0.0961. The Morgan fingerprint density at radius 2 is 1.70 bits per heavy atom. The molecule has 6 heteroatoms. The lowest BCUT2D eigenvalue weighted by molar-refractivity contribution is -0.116. The van der Waals surface area contributed by atoms with E-state index in [1.807, 2.05) is 85.9 Å². The number of nitrogens with zero attached hydrogens (tertiary/aromatic N) is 2. The molecule has 1 heterocycles. The zero-order chi connectivity index (χ0) is 23.2. The highest BCUT2D eigenvalue weighted by molar-refractivity contribution is 6.21. The summed E-state index contributed by atoms with van der Waals surface area (Å²) in [6, 6.07) is 25.2. The highest BCUT2D eigenvalue weighted by atomic mass is 16.3. The molecule has 0 atom stereocenters. The zero-order valence-corrected chi connectivity index (χ0v) is 18.9. The number of carbonyl (C=O) groups is 1. The normalized spacial score (nSPS) is 11.6. The summed E-state index contributed by atoms with van der Waals surface area (Å²) in [4.78, 5) is 21.9. The quantitative estimate of drug-likeness (QED) is 0.266. The van der Waals surface area contributed by atoms with Gasteiger partial charge in [-0.25, -0.2) is 4.99 Å². The van der Waals surface area contributed by atoms with Gasteiger partial charge in [0.1, 0.15) is 0 Å². The molecule has 4 aromatic rings. The van der Waals surface area contributed by atoms with Crippen molar-refractivity contribution in [2.75, 3.05) is 25.0 Å². The molecular weight excluding hydrogens is 412 g/mol. The van der Waals surface area contributed by atoms with Crippen LogP contribution in [-0.2, 0) is 4.79 Å². The molecule has 1 amide bonds. The second-order valence-corrected chi connectivity index (χ2v) is 7.86. The third-order valence-corrected chi connectivity index (χ3v) is 5.56. The summed E-state index contributed by atoms with van der Waals surface area (Å²) in [7, 11) is 1.90. The van der Waals surface area contributed by atoms with Crippen molar-refractivity contribution in [3.63, 3.8) is 0 Å². The summed E-state index contributed by atoms with van der Waals surface area (Å²) < 4.78 is 0. The molecule has 33 heavy (non-hydrogen) atoms. The van der Waals surface area contributed by atoms with Gasteiger partial charge in [-0.3, -0.25) is 4.79 Å². The van der Waals surface area contributed by atoms with Crippen LogP contribution in [-0.4, -0.2) is 41.8 Å². The fraction of sp³-hybridized carbons (Fsp3) is 0.185. The van der Waals surface area contributed by atoms with Gasteiger partial charge < -0.3 is 20.3 Å². The maximum absolute atomic E-state index is 12.2. The molecule has 4 rings (SSSR count). The molecule has 168 valence electrons. The van der Waals surface area contributed by atoms with Crippen molar-refractivity contribution in [2.45, 2.75) is 13.3 Å². The first-order valence-corrected chi connectivity index (χ1v) is 11.1. The van der Waals surface area contributed by atoms with Crippen molar-refractivity contribution >= 4 is 33.9 Å². The average molecular weight is 441 g/mol. The van der Waals surface area contributed by atoms with Crippen LogP contribution in [0.5, 0.6) is 5.88 Å². The Hall–Kier alpha value is -3.90. The zero-order valence-electron chi connectivity index (χ0n) is 18.9. The van der Waals surface area contributed by atoms with E-state index in [-0.39, 0.29) is 11.8 Å². The fourth-order valence-corrected chi connectivity index (χ4v) is 3.95. The van der Waals surface area contributed by atoms with Gasteiger partial charge in [-0.2, -0.15) is 0 Å². The van der Waals surface area contributed by atoms with Gasteiger partial charge in [0.25, 0.3) is 0 Å². The summed E-state index contributed by atoms with van der Waals surface area (Å²) in [6.45, 7) is 3.08. The molecule has 0 aliphatic heterocycles. The van der Waals surface area contributed by atoms with Crippen LogP contribution in [0, 0.1) is 0 Å². The highest BCUT2D eigenvalue weighted by Gasteiger charge is 2.18. The number of anilines is 1. The van der Waals surface area contributed by atoms with Crippen molar-refractivity contribution in [2.24, 2.45) is 4.99 Å². The topological polar surface area (TPSA) is 80.7 Å². The number of aromatic hydroxyl groups is 1. The third-order valence-electron chi connectivity index (χ3n) is 5.56. The van der Waals surface area contributed by atoms with Crippen LogP contribution < -0.4 is 10.2 Å². The Balaban J connectivity index is 1.74. The summed E-state index contributed by atoms with van der Waals surface area (Å²) in [6.07, 6.45) is 0.869. The number of aromatic nitrogens is 1. The number of rotatable bonds is 8. The van der Waals surface area contributed by atoms with Crippen LogP contribution in [0.4, 0.5) is 11.4 Å². The predicted octanol–water partition coefficient (Wildman–Crippen LogP) is 5.01. The number of aliphatic imine (C=N–C) groups is 1. The number of amides is 1. The van der Waals surface area contributed by atoms with E-state index in [1.165, 1.54) is 0 Å². The number of hydrogen-bond acceptors (Lipinski definition) is 4. The maximum atomic E-state index is 12.2. The van der Waals surface area contributed by atoms with E-state index < -0.39 is 0 Å². The molecule has 0 radical (unpaired) electrons. The minimum atomic E-state index is 0.0102. The second-order valence-electron chi connectivity index (χ2n) is 7.86. The van der Waals surface area contributed by atoms with Crippen molar-refractivity contribution in [3.05, 3.63) is 90.0 Å². The Labute approximate surface area is 193 Å². The molecule has 3 aromatic carbocycles. The lowest BCUT2D eigenvalue weighted by Crippen LogP contribution is -2.31. The standard InChI is InChI=1S/C27H28N4O2/c1-19(32)31(18-8-17-28-2)22-15-13-21(14-16-22)29-26(20-9-4-3-5-10-20)25-23-11-6-7-12-24(23)30-27(25)33/h3-7,9-16,28,30,33H,8,17-18H2,1-2H3. The number of para-hydroxylation sites is 1. The van der Waals surface area contributed by atoms with Crippen LogP contribution >= 0.6 is 0 Å². The van der Waals surface area contributed by atoms with Gasteiger partial charge in [0.05, 0.1) is 17.0 Å². The van der Waals surface area contributed by atoms with E-state index in [1.54, 1.807) is 11.8 Å². The minimum Gasteiger partial charge on any atom is -0.494 e. The van der Waals surface area contributed by atoms with Crippen molar-refractivity contribution in [3.8, 4) is 5.88 Å². The largest absolute Gasteiger partial charge is 0.494 e. The Kier molecular flexibility index (Phi) is 6.86. The number of fused-ring (bicyclic) bond motifs is 1. The minimum absolute atomic E-state index is 0.0102. The number of carbonyl (C=O) groups excluding carboxylic acids is 1. The molecule has 6 nitrogen and oxygen atoms in total. The van der Waals surface area contributed by atoms with E-state index in [0.717, 1.165) is 40.8 Å². The van der Waals surface area contributed by atoms with Crippen LogP contribution in [0.2, 0.25) is 0 Å². The molecule has 0 saturated carbocycles. The Morgan fingerprint density at radius 1 is 1.00 bits per heavy atom. The molecule has 3 N–H and O–H groups in total. The van der Waals surface area contributed by atoms with E-state index in [4.69, 9.17) is 4.99 Å². The molecule has 0 bridgehead atoms. The van der Waals surface area contributed by atoms with Crippen LogP contribution in [0.15, 0.2) is 83.9 Å². The fourth-order valence-electron chi connectivity index (χ4n) is 3.95. The van der Waals surface area contributed by atoms with Gasteiger partial charge in [0, 0.05) is 35.6 Å². The third kappa shape index (κ3) is 4.96. The first-order chi connectivity index (χ1) is 16.1. The molecule has 0 aliphatic carbocycles. The van der Waals surface area contributed by atoms with Crippen molar-refractivity contribution < 1.29 is 9.90 Å². The van der Waals surface area contributed by atoms with E-state index in [9.17, 15) is 9.90 Å². The smallest absolute Gasteiger partial charge is 0.223 e. The molecule has 0 saturated heterocycles. The second kappa shape index (κ2) is 10.1. The Bertz CT molecular complexity index is 1260. The molecule has 0 unspecified atom stereocenters. The monoisotopic (exact) mass is 440 g/mol. The SMILES string of the molecule is CNCCCN(C(C)=O)c1ccc(N=C(c2ccccc2)c2c(O)[nH]c3ccccc23)cc1. The number of nitrogens with one attached hydrogen (secondary N) is 2. The number of benzene rings is 3. The van der Waals surface area contributed by atoms with Crippen molar-refractivity contribution in [1.82, 2.24) is 10.3 Å². The van der Waals surface area contributed by atoms with E-state index in [0.29, 0.717) is 17.8 Å². The number of aromatic amines is 1. The van der Waals surface area contributed by atoms with Gasteiger partial charge in [-0.05, 0) is 50.3 Å². The lowest BCUT2D eigenvalue weighted by Gasteiger charge is -2.21. The van der Waals surface area contributed by atoms with Gasteiger partial charge in [-0.15, -0.1) is 0 Å². The van der Waals surface area contributed by atoms with E-state index >= 15 is 0 Å². The molecular formula is C27H28N4O2. The summed E-state index contributed by atoms with van der Waals surface area (Å²) >= 11 is 0. The number of hydrogen-bond donors (Lipinski definition) is 3. The van der Waals surface area contributed by atoms with Gasteiger partial charge in [0.15, 0.2) is 5.88 Å². The number of H-pyrrole nitrogens is 1. The molecule has 1 aromatic heterocycles. The lowest BCUT2D eigenvalue weighted by atomic mass is 10.0. The highest BCUT2D eigenvalue weighted by Crippen LogP contribution is 2.31. The Morgan fingerprint density at radius 3 is 2.39 bits per heavy atom. The molecule has 0 spiro atoms. The van der Waals surface area contributed by atoms with Gasteiger partial charge in [-0.1, -0.05) is 48.5 Å². The van der Waals surface area contributed by atoms with Gasteiger partial charge in [0.2, 0.25) is 5.91 Å². The van der Waals surface area contributed by atoms with Crippen LogP contribution in [0.3, 0.4) is 0 Å². The van der Waals surface area contributed by atoms with Crippen LogP contribution in [0.25, 0.3) is 10.9 Å². The predicted molar refractivity (Wildman–Crippen MR) is 135 cm³/mol. The molecule has 0 fully saturated rings. The summed E-state index contributed by atoms with van der Waals surface area (Å²) in [5, 5.41) is 14.8. The van der Waals surface area contributed by atoms with Gasteiger partial charge >= 0.3 is 0 Å². The summed E-state index contributed by atoms with van der Waals surface area (Å²) in [5.41, 5.74) is 4.67. The average Bonchev–Trinajstić information content (AvgIpc) is 3.17. The maximum Gasteiger partial charge on any atom is 0.223 e. The molecule has 0 aliphatic rings. The van der Waals surface area contributed by atoms with Crippen LogP contribution in [0.1, 0.15) is 24.5 Å².